The smallest absolute Gasteiger partial charge is 0.291 e. The number of nitrogens with one attached hydrogen (secondary N) is 1. The number of hydrogen-bond donors (Lipinski definition) is 1. The first-order valence-electron chi connectivity index (χ1n) is 10.6. The van der Waals surface area contributed by atoms with Crippen molar-refractivity contribution in [2.24, 2.45) is 0 Å². The van der Waals surface area contributed by atoms with Crippen molar-refractivity contribution in [2.45, 2.75) is 23.3 Å². The molecule has 36 heavy (non-hydrogen) atoms. The summed E-state index contributed by atoms with van der Waals surface area (Å²) < 4.78 is 42.8. The summed E-state index contributed by atoms with van der Waals surface area (Å²) in [6.45, 7) is 1.94. The molecule has 0 saturated carbocycles. The van der Waals surface area contributed by atoms with Gasteiger partial charge in [-0.15, -0.1) is 0 Å². The molecule has 0 aliphatic carbocycles. The Morgan fingerprint density at radius 3 is 2.42 bits per heavy atom. The van der Waals surface area contributed by atoms with E-state index in [9.17, 15) is 13.2 Å². The van der Waals surface area contributed by atoms with E-state index in [0.29, 0.717) is 21.6 Å². The number of para-hydroxylation sites is 1. The second-order valence-electron chi connectivity index (χ2n) is 7.75. The van der Waals surface area contributed by atoms with Crippen LogP contribution < -0.4 is 14.8 Å². The van der Waals surface area contributed by atoms with Gasteiger partial charge in [0.05, 0.1) is 21.9 Å². The Balaban J connectivity index is 1.52. The van der Waals surface area contributed by atoms with Gasteiger partial charge in [0.15, 0.2) is 5.76 Å². The van der Waals surface area contributed by atoms with Crippen molar-refractivity contribution in [1.29, 1.82) is 0 Å². The van der Waals surface area contributed by atoms with Gasteiger partial charge in [-0.3, -0.25) is 4.79 Å². The van der Waals surface area contributed by atoms with Gasteiger partial charge >= 0.3 is 0 Å². The minimum absolute atomic E-state index is 0.0226. The van der Waals surface area contributed by atoms with E-state index in [1.165, 1.54) is 55.6 Å². The first-order valence-corrected chi connectivity index (χ1v) is 12.9. The molecular formula is C26H21Cl2NO6S. The van der Waals surface area contributed by atoms with Crippen LogP contribution in [0.15, 0.2) is 87.0 Å². The van der Waals surface area contributed by atoms with E-state index in [1.54, 1.807) is 12.1 Å². The van der Waals surface area contributed by atoms with Crippen LogP contribution in [0.4, 0.5) is 5.69 Å². The molecule has 4 rings (SSSR count). The van der Waals surface area contributed by atoms with Gasteiger partial charge < -0.3 is 19.2 Å². The number of hydrogen-bond acceptors (Lipinski definition) is 6. The fraction of sp³-hybridized carbons (Fsp3) is 0.115. The van der Waals surface area contributed by atoms with E-state index in [-0.39, 0.29) is 33.6 Å². The number of halogens is 2. The van der Waals surface area contributed by atoms with Gasteiger partial charge in [0.2, 0.25) is 9.84 Å². The molecule has 1 N–H and O–H groups in total. The van der Waals surface area contributed by atoms with Crippen molar-refractivity contribution in [1.82, 2.24) is 0 Å². The minimum Gasteiger partial charge on any atom is -0.497 e. The van der Waals surface area contributed by atoms with Gasteiger partial charge in [-0.05, 0) is 67.1 Å². The highest BCUT2D eigenvalue weighted by Gasteiger charge is 2.21. The molecule has 10 heteroatoms. The fourth-order valence-electron chi connectivity index (χ4n) is 3.38. The third-order valence-corrected chi connectivity index (χ3v) is 7.51. The lowest BCUT2D eigenvalue weighted by atomic mass is 10.2. The third kappa shape index (κ3) is 5.67. The van der Waals surface area contributed by atoms with Crippen LogP contribution in [0, 0.1) is 6.92 Å². The van der Waals surface area contributed by atoms with E-state index in [4.69, 9.17) is 37.1 Å². The lowest BCUT2D eigenvalue weighted by molar-refractivity contribution is 0.0992. The van der Waals surface area contributed by atoms with Gasteiger partial charge in [-0.1, -0.05) is 35.3 Å². The van der Waals surface area contributed by atoms with Crippen LogP contribution in [0.1, 0.15) is 21.9 Å². The number of amides is 1. The molecule has 1 amide bonds. The molecule has 0 saturated heterocycles. The SMILES string of the molecule is COc1cc(NC(=O)c2ccc(COc3c(C)cccc3Cl)o2)cc(S(=O)(=O)c2ccc(Cl)cc2)c1. The highest BCUT2D eigenvalue weighted by molar-refractivity contribution is 7.91. The highest BCUT2D eigenvalue weighted by atomic mass is 35.5. The summed E-state index contributed by atoms with van der Waals surface area (Å²) in [5.41, 5.74) is 1.09. The Morgan fingerprint density at radius 2 is 1.72 bits per heavy atom. The second kappa shape index (κ2) is 10.7. The number of carbonyl (C=O) groups excluding carboxylic acids is 1. The van der Waals surface area contributed by atoms with E-state index >= 15 is 0 Å². The molecule has 0 fully saturated rings. The second-order valence-corrected chi connectivity index (χ2v) is 10.5. The monoisotopic (exact) mass is 545 g/mol. The minimum atomic E-state index is -3.89. The molecular weight excluding hydrogens is 525 g/mol. The summed E-state index contributed by atoms with van der Waals surface area (Å²) in [4.78, 5) is 12.8. The Bertz CT molecular complexity index is 1490. The van der Waals surface area contributed by atoms with Gasteiger partial charge in [0, 0.05) is 16.8 Å². The molecule has 0 aliphatic heterocycles. The number of aryl methyl sites for hydroxylation is 1. The quantitative estimate of drug-likeness (QED) is 0.269. The zero-order chi connectivity index (χ0) is 25.9. The first kappa shape index (κ1) is 25.6. The van der Waals surface area contributed by atoms with Crippen molar-refractivity contribution < 1.29 is 27.1 Å². The molecule has 0 spiro atoms. The number of benzene rings is 3. The number of carbonyl (C=O) groups is 1. The molecule has 0 unspecified atom stereocenters. The summed E-state index contributed by atoms with van der Waals surface area (Å²) in [6.07, 6.45) is 0. The zero-order valence-electron chi connectivity index (χ0n) is 19.2. The number of methoxy groups -OCH3 is 1. The highest BCUT2D eigenvalue weighted by Crippen LogP contribution is 2.30. The number of anilines is 1. The summed E-state index contributed by atoms with van der Waals surface area (Å²) in [7, 11) is -2.49. The van der Waals surface area contributed by atoms with E-state index in [0.717, 1.165) is 5.56 Å². The van der Waals surface area contributed by atoms with Gasteiger partial charge in [-0.25, -0.2) is 8.42 Å². The molecule has 1 aromatic heterocycles. The predicted molar refractivity (Wildman–Crippen MR) is 137 cm³/mol. The summed E-state index contributed by atoms with van der Waals surface area (Å²) in [6, 6.07) is 18.6. The Morgan fingerprint density at radius 1 is 0.972 bits per heavy atom. The van der Waals surface area contributed by atoms with Crippen molar-refractivity contribution in [3.05, 3.63) is 99.9 Å². The third-order valence-electron chi connectivity index (χ3n) is 5.22. The van der Waals surface area contributed by atoms with Crippen LogP contribution in [-0.4, -0.2) is 21.4 Å². The van der Waals surface area contributed by atoms with Crippen LogP contribution in [0.25, 0.3) is 0 Å². The van der Waals surface area contributed by atoms with Crippen molar-refractivity contribution in [2.75, 3.05) is 12.4 Å². The molecule has 0 atom stereocenters. The maximum atomic E-state index is 13.1. The van der Waals surface area contributed by atoms with Gasteiger partial charge in [-0.2, -0.15) is 0 Å². The molecule has 186 valence electrons. The molecule has 0 radical (unpaired) electrons. The zero-order valence-corrected chi connectivity index (χ0v) is 21.6. The topological polar surface area (TPSA) is 94.8 Å². The van der Waals surface area contributed by atoms with Gasteiger partial charge in [0.25, 0.3) is 5.91 Å². The largest absolute Gasteiger partial charge is 0.497 e. The standard InChI is InChI=1S/C26H21Cl2NO6S/c1-16-4-3-5-23(28)25(16)34-15-19-8-11-24(35-19)26(30)29-18-12-20(33-2)14-22(13-18)36(31,32)21-9-6-17(27)7-10-21/h3-14H,15H2,1-2H3,(H,29,30). The number of sulfone groups is 1. The van der Waals surface area contributed by atoms with Gasteiger partial charge in [0.1, 0.15) is 23.9 Å². The summed E-state index contributed by atoms with van der Waals surface area (Å²) >= 11 is 12.1. The van der Waals surface area contributed by atoms with Crippen LogP contribution in [0.3, 0.4) is 0 Å². The van der Waals surface area contributed by atoms with Crippen molar-refractivity contribution in [3.8, 4) is 11.5 Å². The van der Waals surface area contributed by atoms with E-state index in [2.05, 4.69) is 5.32 Å². The Hall–Kier alpha value is -3.46. The maximum Gasteiger partial charge on any atom is 0.291 e. The lowest BCUT2D eigenvalue weighted by Gasteiger charge is -2.11. The van der Waals surface area contributed by atoms with Crippen LogP contribution >= 0.6 is 23.2 Å². The normalized spacial score (nSPS) is 11.2. The summed E-state index contributed by atoms with van der Waals surface area (Å²) in [5.74, 6) is 0.653. The Kier molecular flexibility index (Phi) is 7.59. The number of ether oxygens (including phenoxy) is 2. The molecule has 0 bridgehead atoms. The van der Waals surface area contributed by atoms with Crippen LogP contribution in [0.2, 0.25) is 10.0 Å². The predicted octanol–water partition coefficient (Wildman–Crippen LogP) is 6.57. The summed E-state index contributed by atoms with van der Waals surface area (Å²) in [5, 5.41) is 3.54. The Labute approximate surface area is 218 Å². The van der Waals surface area contributed by atoms with E-state index < -0.39 is 15.7 Å². The average Bonchev–Trinajstić information content (AvgIpc) is 3.33. The molecule has 3 aromatic carbocycles. The van der Waals surface area contributed by atoms with E-state index in [1.807, 2.05) is 19.1 Å². The molecule has 4 aromatic rings. The number of rotatable bonds is 8. The molecule has 0 aliphatic rings. The number of furan rings is 1. The van der Waals surface area contributed by atoms with Crippen LogP contribution in [-0.2, 0) is 16.4 Å². The van der Waals surface area contributed by atoms with Crippen molar-refractivity contribution >= 4 is 44.6 Å². The van der Waals surface area contributed by atoms with Crippen LogP contribution in [0.5, 0.6) is 11.5 Å². The van der Waals surface area contributed by atoms with Crippen molar-refractivity contribution in [3.63, 3.8) is 0 Å². The first-order chi connectivity index (χ1) is 17.2. The molecule has 1 heterocycles. The molecule has 7 nitrogen and oxygen atoms in total. The maximum absolute atomic E-state index is 13.1. The average molecular weight is 546 g/mol. The lowest BCUT2D eigenvalue weighted by Crippen LogP contribution is -2.12. The fourth-order valence-corrected chi connectivity index (χ4v) is 5.10.